The number of rotatable bonds is 3. The molecule has 0 radical (unpaired) electrons. The van der Waals surface area contributed by atoms with Crippen molar-refractivity contribution < 1.29 is 0 Å². The molecule has 0 amide bonds. The van der Waals surface area contributed by atoms with E-state index in [0.29, 0.717) is 0 Å². The molecule has 0 aliphatic rings. The van der Waals surface area contributed by atoms with Gasteiger partial charge in [0.15, 0.2) is 10.8 Å². The summed E-state index contributed by atoms with van der Waals surface area (Å²) in [6.45, 7) is 8.29. The van der Waals surface area contributed by atoms with E-state index in [-0.39, 0.29) is 5.92 Å². The molecule has 122 valence electrons. The molecular weight excluding hydrogens is 320 g/mol. The van der Waals surface area contributed by atoms with E-state index in [4.69, 9.17) is 10.2 Å². The number of hydrogen-bond donors (Lipinski definition) is 0. The minimum atomic E-state index is 0.282. The first-order valence-electron chi connectivity index (χ1n) is 7.90. The fraction of sp³-hybridized carbons (Fsp3) is 0.294. The van der Waals surface area contributed by atoms with Crippen molar-refractivity contribution in [3.63, 3.8) is 0 Å². The van der Waals surface area contributed by atoms with Gasteiger partial charge < -0.3 is 0 Å². The summed E-state index contributed by atoms with van der Waals surface area (Å²) < 4.78 is 3.82. The summed E-state index contributed by atoms with van der Waals surface area (Å²) in [5.74, 6) is 1.17. The van der Waals surface area contributed by atoms with Crippen molar-refractivity contribution in [2.45, 2.75) is 33.6 Å². The van der Waals surface area contributed by atoms with Crippen LogP contribution in [0.25, 0.3) is 21.2 Å². The normalized spacial score (nSPS) is 11.7. The van der Waals surface area contributed by atoms with Crippen LogP contribution in [0.2, 0.25) is 0 Å². The first-order chi connectivity index (χ1) is 11.6. The number of nitrogens with zero attached hydrogens (tertiary/aromatic N) is 6. The molecule has 0 spiro atoms. The Morgan fingerprint density at radius 2 is 1.75 bits per heavy atom. The van der Waals surface area contributed by atoms with Crippen molar-refractivity contribution in [3.05, 3.63) is 47.5 Å². The van der Waals surface area contributed by atoms with Gasteiger partial charge in [-0.25, -0.2) is 4.68 Å². The van der Waals surface area contributed by atoms with E-state index in [0.717, 1.165) is 38.4 Å². The first-order valence-corrected chi connectivity index (χ1v) is 8.72. The molecule has 0 bridgehead atoms. The second kappa shape index (κ2) is 5.52. The largest absolute Gasteiger partial charge is 0.237 e. The smallest absolute Gasteiger partial charge is 0.234 e. The lowest BCUT2D eigenvalue weighted by molar-refractivity contribution is 0.726. The Morgan fingerprint density at radius 1 is 1.00 bits per heavy atom. The van der Waals surface area contributed by atoms with Gasteiger partial charge >= 0.3 is 0 Å². The van der Waals surface area contributed by atoms with Gasteiger partial charge in [-0.3, -0.25) is 0 Å². The predicted octanol–water partition coefficient (Wildman–Crippen LogP) is 3.78. The molecule has 1 aromatic carbocycles. The average molecular weight is 338 g/mol. The second-order valence-electron chi connectivity index (χ2n) is 6.11. The lowest BCUT2D eigenvalue weighted by Crippen LogP contribution is -1.99. The summed E-state index contributed by atoms with van der Waals surface area (Å²) in [5.41, 5.74) is 4.17. The average Bonchev–Trinajstić information content (AvgIpc) is 3.20. The number of aryl methyl sites for hydroxylation is 1. The maximum absolute atomic E-state index is 4.75. The summed E-state index contributed by atoms with van der Waals surface area (Å²) >= 11 is 1.55. The lowest BCUT2D eigenvalue weighted by Gasteiger charge is -2.04. The second-order valence-corrected chi connectivity index (χ2v) is 7.06. The Morgan fingerprint density at radius 3 is 2.46 bits per heavy atom. The van der Waals surface area contributed by atoms with Crippen LogP contribution < -0.4 is 0 Å². The highest BCUT2D eigenvalue weighted by molar-refractivity contribution is 7.19. The van der Waals surface area contributed by atoms with Gasteiger partial charge in [-0.1, -0.05) is 43.4 Å². The van der Waals surface area contributed by atoms with E-state index in [9.17, 15) is 0 Å². The molecule has 0 unspecified atom stereocenters. The zero-order valence-corrected chi connectivity index (χ0v) is 14.9. The molecule has 7 heteroatoms. The minimum Gasteiger partial charge on any atom is -0.237 e. The quantitative estimate of drug-likeness (QED) is 0.570. The molecule has 0 N–H and O–H groups in total. The van der Waals surface area contributed by atoms with Gasteiger partial charge in [0, 0.05) is 5.92 Å². The topological polar surface area (TPSA) is 60.9 Å². The molecular formula is C17H18N6S. The van der Waals surface area contributed by atoms with Gasteiger partial charge in [0.1, 0.15) is 0 Å². The number of benzene rings is 1. The summed E-state index contributed by atoms with van der Waals surface area (Å²) in [6, 6.07) is 10.1. The molecule has 3 heterocycles. The van der Waals surface area contributed by atoms with Crippen molar-refractivity contribution in [2.75, 3.05) is 0 Å². The molecule has 0 fully saturated rings. The number of fused-ring (bicyclic) bond motifs is 1. The summed E-state index contributed by atoms with van der Waals surface area (Å²) in [5, 5.41) is 18.9. The van der Waals surface area contributed by atoms with Crippen molar-refractivity contribution in [2.24, 2.45) is 0 Å². The predicted molar refractivity (Wildman–Crippen MR) is 94.8 cm³/mol. The summed E-state index contributed by atoms with van der Waals surface area (Å²) in [4.78, 5) is 0.819. The van der Waals surface area contributed by atoms with Gasteiger partial charge in [0.05, 0.1) is 22.6 Å². The first kappa shape index (κ1) is 15.0. The summed E-state index contributed by atoms with van der Waals surface area (Å²) in [7, 11) is 0. The Labute approximate surface area is 143 Å². The highest BCUT2D eigenvalue weighted by Crippen LogP contribution is 2.32. The molecule has 0 atom stereocenters. The van der Waals surface area contributed by atoms with Crippen LogP contribution in [0.3, 0.4) is 0 Å². The maximum Gasteiger partial charge on any atom is 0.234 e. The fourth-order valence-corrected chi connectivity index (χ4v) is 3.86. The Balaban J connectivity index is 1.87. The van der Waals surface area contributed by atoms with Gasteiger partial charge in [0.2, 0.25) is 4.96 Å². The van der Waals surface area contributed by atoms with E-state index in [1.54, 1.807) is 11.3 Å². The van der Waals surface area contributed by atoms with Crippen LogP contribution in [-0.4, -0.2) is 29.6 Å². The van der Waals surface area contributed by atoms with E-state index in [2.05, 4.69) is 43.1 Å². The monoisotopic (exact) mass is 338 g/mol. The van der Waals surface area contributed by atoms with Crippen LogP contribution in [0.1, 0.15) is 37.0 Å². The molecule has 0 aliphatic carbocycles. The Hall–Kier alpha value is -2.54. The van der Waals surface area contributed by atoms with Crippen molar-refractivity contribution in [3.8, 4) is 16.3 Å². The van der Waals surface area contributed by atoms with Crippen LogP contribution in [-0.2, 0) is 0 Å². The third-order valence-corrected chi connectivity index (χ3v) is 4.95. The van der Waals surface area contributed by atoms with Crippen molar-refractivity contribution >= 4 is 16.3 Å². The van der Waals surface area contributed by atoms with Gasteiger partial charge in [-0.15, -0.1) is 10.2 Å². The van der Waals surface area contributed by atoms with E-state index < -0.39 is 0 Å². The van der Waals surface area contributed by atoms with Gasteiger partial charge in [0.25, 0.3) is 0 Å². The highest BCUT2D eigenvalue weighted by Gasteiger charge is 2.21. The molecule has 6 nitrogen and oxygen atoms in total. The van der Waals surface area contributed by atoms with Crippen LogP contribution in [0.4, 0.5) is 0 Å². The third-order valence-electron chi connectivity index (χ3n) is 4.04. The van der Waals surface area contributed by atoms with Crippen LogP contribution in [0, 0.1) is 13.8 Å². The van der Waals surface area contributed by atoms with Crippen LogP contribution in [0.15, 0.2) is 30.3 Å². The zero-order chi connectivity index (χ0) is 16.8. The molecule has 0 saturated heterocycles. The summed E-state index contributed by atoms with van der Waals surface area (Å²) in [6.07, 6.45) is 0. The van der Waals surface area contributed by atoms with Crippen LogP contribution in [0.5, 0.6) is 0 Å². The molecule has 4 aromatic rings. The molecule has 24 heavy (non-hydrogen) atoms. The van der Waals surface area contributed by atoms with E-state index in [1.165, 1.54) is 0 Å². The zero-order valence-electron chi connectivity index (χ0n) is 14.1. The standard InChI is InChI=1S/C17H18N6S/c1-10(2)15-18-19-17-23(15)21-16(24-17)14-11(3)20-22(12(14)4)13-8-6-5-7-9-13/h5-10H,1-4H3. The van der Waals surface area contributed by atoms with E-state index in [1.807, 2.05) is 34.3 Å². The van der Waals surface area contributed by atoms with Crippen LogP contribution >= 0.6 is 11.3 Å². The molecule has 3 aromatic heterocycles. The fourth-order valence-electron chi connectivity index (χ4n) is 2.87. The van der Waals surface area contributed by atoms with Crippen molar-refractivity contribution in [1.82, 2.24) is 29.6 Å². The SMILES string of the molecule is Cc1nn(-c2ccccc2)c(C)c1-c1nn2c(C(C)C)nnc2s1. The van der Waals surface area contributed by atoms with Gasteiger partial charge in [-0.2, -0.15) is 14.7 Å². The molecule has 0 saturated carbocycles. The Kier molecular flexibility index (Phi) is 3.45. The maximum atomic E-state index is 4.75. The number of para-hydroxylation sites is 1. The molecule has 0 aliphatic heterocycles. The lowest BCUT2D eigenvalue weighted by atomic mass is 10.2. The third kappa shape index (κ3) is 2.24. The molecule has 4 rings (SSSR count). The number of aromatic nitrogens is 6. The highest BCUT2D eigenvalue weighted by atomic mass is 32.1. The van der Waals surface area contributed by atoms with E-state index >= 15 is 0 Å². The van der Waals surface area contributed by atoms with Gasteiger partial charge in [-0.05, 0) is 26.0 Å². The minimum absolute atomic E-state index is 0.282. The number of hydrogen-bond acceptors (Lipinski definition) is 5. The van der Waals surface area contributed by atoms with Crippen molar-refractivity contribution in [1.29, 1.82) is 0 Å². The Bertz CT molecular complexity index is 1010.